The molecule has 2 aliphatic carbocycles. The van der Waals surface area contributed by atoms with Crippen molar-refractivity contribution in [2.75, 3.05) is 0 Å². The van der Waals surface area contributed by atoms with Crippen molar-refractivity contribution in [1.29, 1.82) is 0 Å². The van der Waals surface area contributed by atoms with Gasteiger partial charge in [0.1, 0.15) is 5.76 Å². The SMILES string of the molecule is CC(=O)NC1CCc2onc(C(=O)NC3CCCC3)c2C1. The van der Waals surface area contributed by atoms with Crippen LogP contribution >= 0.6 is 0 Å². The third kappa shape index (κ3) is 3.09. The Hall–Kier alpha value is -1.85. The van der Waals surface area contributed by atoms with Crippen molar-refractivity contribution in [3.63, 3.8) is 0 Å². The summed E-state index contributed by atoms with van der Waals surface area (Å²) in [6, 6.07) is 0.326. The first-order valence-electron chi connectivity index (χ1n) is 7.69. The fourth-order valence-corrected chi connectivity index (χ4v) is 3.32. The lowest BCUT2D eigenvalue weighted by atomic mass is 9.92. The van der Waals surface area contributed by atoms with Crippen LogP contribution in [0, 0.1) is 0 Å². The topological polar surface area (TPSA) is 84.2 Å². The molecule has 1 unspecified atom stereocenters. The van der Waals surface area contributed by atoms with Gasteiger partial charge in [-0.1, -0.05) is 18.0 Å². The second-order valence-corrected chi connectivity index (χ2v) is 6.03. The van der Waals surface area contributed by atoms with Crippen LogP contribution in [-0.2, 0) is 17.6 Å². The summed E-state index contributed by atoms with van der Waals surface area (Å²) in [5.74, 6) is 0.598. The van der Waals surface area contributed by atoms with Crippen molar-refractivity contribution in [1.82, 2.24) is 15.8 Å². The van der Waals surface area contributed by atoms with Gasteiger partial charge in [0.05, 0.1) is 0 Å². The standard InChI is InChI=1S/C15H21N3O3/c1-9(19)16-11-6-7-13-12(8-11)14(18-21-13)15(20)17-10-4-2-3-5-10/h10-11H,2-8H2,1H3,(H,16,19)(H,17,20). The maximum Gasteiger partial charge on any atom is 0.273 e. The third-order valence-corrected chi connectivity index (χ3v) is 4.35. The minimum Gasteiger partial charge on any atom is -0.360 e. The molecule has 0 radical (unpaired) electrons. The highest BCUT2D eigenvalue weighted by Crippen LogP contribution is 2.25. The fraction of sp³-hybridized carbons (Fsp3) is 0.667. The number of rotatable bonds is 3. The summed E-state index contributed by atoms with van der Waals surface area (Å²) in [7, 11) is 0. The molecule has 2 amide bonds. The smallest absolute Gasteiger partial charge is 0.273 e. The van der Waals surface area contributed by atoms with Gasteiger partial charge in [-0.3, -0.25) is 9.59 Å². The molecule has 6 heteroatoms. The van der Waals surface area contributed by atoms with E-state index in [4.69, 9.17) is 4.52 Å². The molecule has 1 aromatic heterocycles. The van der Waals surface area contributed by atoms with Crippen LogP contribution in [0.4, 0.5) is 0 Å². The molecule has 6 nitrogen and oxygen atoms in total. The quantitative estimate of drug-likeness (QED) is 0.880. The first-order valence-corrected chi connectivity index (χ1v) is 7.69. The lowest BCUT2D eigenvalue weighted by molar-refractivity contribution is -0.119. The van der Waals surface area contributed by atoms with Crippen molar-refractivity contribution in [2.45, 2.75) is 64.0 Å². The molecule has 0 bridgehead atoms. The number of hydrogen-bond acceptors (Lipinski definition) is 4. The Balaban J connectivity index is 1.71. The summed E-state index contributed by atoms with van der Waals surface area (Å²) in [5.41, 5.74) is 1.25. The number of carbonyl (C=O) groups excluding carboxylic acids is 2. The van der Waals surface area contributed by atoms with Crippen molar-refractivity contribution >= 4 is 11.8 Å². The average Bonchev–Trinajstić information content (AvgIpc) is 3.06. The average molecular weight is 291 g/mol. The molecule has 114 valence electrons. The molecule has 0 saturated heterocycles. The second kappa shape index (κ2) is 5.87. The van der Waals surface area contributed by atoms with Gasteiger partial charge in [-0.25, -0.2) is 0 Å². The van der Waals surface area contributed by atoms with Gasteiger partial charge in [-0.15, -0.1) is 0 Å². The van der Waals surface area contributed by atoms with E-state index in [-0.39, 0.29) is 23.9 Å². The van der Waals surface area contributed by atoms with E-state index in [9.17, 15) is 9.59 Å². The molecule has 1 aromatic rings. The summed E-state index contributed by atoms with van der Waals surface area (Å²) in [5, 5.41) is 9.90. The normalized spacial score (nSPS) is 21.9. The molecule has 1 saturated carbocycles. The molecule has 2 N–H and O–H groups in total. The second-order valence-electron chi connectivity index (χ2n) is 6.03. The summed E-state index contributed by atoms with van der Waals surface area (Å²) >= 11 is 0. The van der Waals surface area contributed by atoms with E-state index < -0.39 is 0 Å². The number of nitrogens with one attached hydrogen (secondary N) is 2. The lowest BCUT2D eigenvalue weighted by Gasteiger charge is -2.21. The number of nitrogens with zero attached hydrogens (tertiary/aromatic N) is 1. The molecule has 0 aliphatic heterocycles. The van der Waals surface area contributed by atoms with Gasteiger partial charge in [0.2, 0.25) is 5.91 Å². The zero-order chi connectivity index (χ0) is 14.8. The predicted molar refractivity (Wildman–Crippen MR) is 75.9 cm³/mol. The van der Waals surface area contributed by atoms with Crippen molar-refractivity contribution in [2.24, 2.45) is 0 Å². The third-order valence-electron chi connectivity index (χ3n) is 4.35. The summed E-state index contributed by atoms with van der Waals surface area (Å²) in [4.78, 5) is 23.5. The van der Waals surface area contributed by atoms with Crippen LogP contribution in [0.1, 0.15) is 60.8 Å². The van der Waals surface area contributed by atoms with Crippen LogP contribution < -0.4 is 10.6 Å². The van der Waals surface area contributed by atoms with Gasteiger partial charge in [0.15, 0.2) is 5.69 Å². The van der Waals surface area contributed by atoms with Gasteiger partial charge in [0, 0.05) is 31.0 Å². The van der Waals surface area contributed by atoms with Crippen molar-refractivity contribution < 1.29 is 14.1 Å². The molecule has 0 spiro atoms. The number of amides is 2. The highest BCUT2D eigenvalue weighted by molar-refractivity contribution is 5.94. The maximum absolute atomic E-state index is 12.3. The number of aryl methyl sites for hydroxylation is 1. The van der Waals surface area contributed by atoms with Crippen LogP contribution in [0.5, 0.6) is 0 Å². The number of carbonyl (C=O) groups is 2. The summed E-state index contributed by atoms with van der Waals surface area (Å²) < 4.78 is 5.30. The Morgan fingerprint density at radius 3 is 2.62 bits per heavy atom. The Labute approximate surface area is 123 Å². The van der Waals surface area contributed by atoms with Gasteiger partial charge >= 0.3 is 0 Å². The molecule has 2 aliphatic rings. The number of hydrogen-bond donors (Lipinski definition) is 2. The Morgan fingerprint density at radius 2 is 1.90 bits per heavy atom. The molecule has 3 rings (SSSR count). The van der Waals surface area contributed by atoms with Gasteiger partial charge in [0.25, 0.3) is 5.91 Å². The van der Waals surface area contributed by atoms with Crippen LogP contribution in [0.2, 0.25) is 0 Å². The monoisotopic (exact) mass is 291 g/mol. The summed E-state index contributed by atoms with van der Waals surface area (Å²) in [6.45, 7) is 1.51. The van der Waals surface area contributed by atoms with E-state index in [0.29, 0.717) is 18.5 Å². The Kier molecular flexibility index (Phi) is 3.94. The molecule has 1 fully saturated rings. The molecular weight excluding hydrogens is 270 g/mol. The molecule has 0 aromatic carbocycles. The molecule has 1 heterocycles. The first kappa shape index (κ1) is 14.1. The Bertz CT molecular complexity index is 546. The van der Waals surface area contributed by atoms with Crippen LogP contribution in [0.3, 0.4) is 0 Å². The maximum atomic E-state index is 12.3. The fourth-order valence-electron chi connectivity index (χ4n) is 3.32. The van der Waals surface area contributed by atoms with Gasteiger partial charge < -0.3 is 15.2 Å². The minimum atomic E-state index is -0.143. The highest BCUT2D eigenvalue weighted by Gasteiger charge is 2.30. The Morgan fingerprint density at radius 1 is 1.14 bits per heavy atom. The predicted octanol–water partition coefficient (Wildman–Crippen LogP) is 1.34. The number of aromatic nitrogens is 1. The molecule has 21 heavy (non-hydrogen) atoms. The van der Waals surface area contributed by atoms with Gasteiger partial charge in [-0.05, 0) is 25.7 Å². The van der Waals surface area contributed by atoms with Crippen LogP contribution in [-0.4, -0.2) is 29.1 Å². The largest absolute Gasteiger partial charge is 0.360 e. The lowest BCUT2D eigenvalue weighted by Crippen LogP contribution is -2.38. The van der Waals surface area contributed by atoms with E-state index in [1.165, 1.54) is 19.8 Å². The van der Waals surface area contributed by atoms with E-state index in [2.05, 4.69) is 15.8 Å². The van der Waals surface area contributed by atoms with E-state index in [0.717, 1.165) is 30.6 Å². The highest BCUT2D eigenvalue weighted by atomic mass is 16.5. The van der Waals surface area contributed by atoms with Gasteiger partial charge in [-0.2, -0.15) is 0 Å². The number of fused-ring (bicyclic) bond motifs is 1. The van der Waals surface area contributed by atoms with E-state index >= 15 is 0 Å². The first-order chi connectivity index (χ1) is 10.1. The van der Waals surface area contributed by atoms with Crippen LogP contribution in [0.25, 0.3) is 0 Å². The van der Waals surface area contributed by atoms with Crippen molar-refractivity contribution in [3.8, 4) is 0 Å². The van der Waals surface area contributed by atoms with E-state index in [1.807, 2.05) is 0 Å². The molecular formula is C15H21N3O3. The minimum absolute atomic E-state index is 0.0446. The zero-order valence-corrected chi connectivity index (χ0v) is 12.3. The van der Waals surface area contributed by atoms with Crippen LogP contribution in [0.15, 0.2) is 4.52 Å². The van der Waals surface area contributed by atoms with E-state index in [1.54, 1.807) is 0 Å². The molecule has 1 atom stereocenters. The van der Waals surface area contributed by atoms with Crippen molar-refractivity contribution in [3.05, 3.63) is 17.0 Å². The zero-order valence-electron chi connectivity index (χ0n) is 12.3. The summed E-state index contributed by atoms with van der Waals surface area (Å²) in [6.07, 6.45) is 6.58.